The monoisotopic (exact) mass is 298 g/mol. The lowest BCUT2D eigenvalue weighted by molar-refractivity contribution is -0.138. The Bertz CT molecular complexity index is 601. The van der Waals surface area contributed by atoms with Gasteiger partial charge in [0.1, 0.15) is 0 Å². The highest BCUT2D eigenvalue weighted by Crippen LogP contribution is 2.35. The van der Waals surface area contributed by atoms with Crippen LogP contribution in [-0.4, -0.2) is 29.3 Å². The minimum absolute atomic E-state index is 0.00744. The molecule has 1 atom stereocenters. The van der Waals surface area contributed by atoms with Crippen molar-refractivity contribution in [2.75, 3.05) is 14.2 Å². The Morgan fingerprint density at radius 3 is 2.48 bits per heavy atom. The van der Waals surface area contributed by atoms with Gasteiger partial charge in [0.15, 0.2) is 0 Å². The summed E-state index contributed by atoms with van der Waals surface area (Å²) in [7, 11) is 2.98. The van der Waals surface area contributed by atoms with Crippen LogP contribution in [0.1, 0.15) is 22.9 Å². The summed E-state index contributed by atoms with van der Waals surface area (Å²) in [6.45, 7) is 0. The molecule has 0 aliphatic rings. The van der Waals surface area contributed by atoms with Gasteiger partial charge in [-0.2, -0.15) is 13.2 Å². The van der Waals surface area contributed by atoms with E-state index in [1.54, 1.807) is 13.1 Å². The molecule has 112 valence electrons. The van der Waals surface area contributed by atoms with Gasteiger partial charge in [0.25, 0.3) is 0 Å². The summed E-state index contributed by atoms with van der Waals surface area (Å²) in [6.07, 6.45) is -2.18. The number of halogens is 3. The average molecular weight is 298 g/mol. The first kappa shape index (κ1) is 15.2. The van der Waals surface area contributed by atoms with Crippen LogP contribution in [0.5, 0.6) is 5.88 Å². The molecule has 0 aliphatic carbocycles. The fourth-order valence-corrected chi connectivity index (χ4v) is 1.95. The number of methoxy groups -OCH3 is 1. The fourth-order valence-electron chi connectivity index (χ4n) is 1.95. The minimum atomic E-state index is -4.47. The Morgan fingerprint density at radius 2 is 1.95 bits per heavy atom. The molecule has 8 heteroatoms. The van der Waals surface area contributed by atoms with E-state index in [1.165, 1.54) is 19.4 Å². The van der Waals surface area contributed by atoms with Gasteiger partial charge in [-0.1, -0.05) is 0 Å². The second kappa shape index (κ2) is 6.04. The van der Waals surface area contributed by atoms with Crippen LogP contribution in [0.15, 0.2) is 30.6 Å². The maximum atomic E-state index is 13.1. The quantitative estimate of drug-likeness (QED) is 0.937. The van der Waals surface area contributed by atoms with E-state index < -0.39 is 17.8 Å². The van der Waals surface area contributed by atoms with Crippen LogP contribution < -0.4 is 10.1 Å². The van der Waals surface area contributed by atoms with Crippen molar-refractivity contribution in [1.29, 1.82) is 0 Å². The van der Waals surface area contributed by atoms with E-state index in [0.717, 1.165) is 12.3 Å². The van der Waals surface area contributed by atoms with E-state index in [0.29, 0.717) is 5.69 Å². The fraction of sp³-hybridized carbons (Fsp3) is 0.308. The first-order chi connectivity index (χ1) is 9.97. The number of aromatic nitrogens is 3. The van der Waals surface area contributed by atoms with E-state index in [2.05, 4.69) is 20.5 Å². The molecule has 2 heterocycles. The number of nitrogens with zero attached hydrogens (tertiary/aromatic N) is 3. The van der Waals surface area contributed by atoms with Crippen LogP contribution >= 0.6 is 0 Å². The molecule has 0 aliphatic heterocycles. The van der Waals surface area contributed by atoms with Crippen LogP contribution in [0.2, 0.25) is 0 Å². The maximum Gasteiger partial charge on any atom is 0.416 e. The molecule has 2 aromatic rings. The summed E-state index contributed by atoms with van der Waals surface area (Å²) in [4.78, 5) is 3.77. The Morgan fingerprint density at radius 1 is 1.19 bits per heavy atom. The summed E-state index contributed by atoms with van der Waals surface area (Å²) in [5, 5.41) is 10.5. The molecule has 2 rings (SSSR count). The summed E-state index contributed by atoms with van der Waals surface area (Å²) < 4.78 is 44.1. The summed E-state index contributed by atoms with van der Waals surface area (Å²) in [6, 6.07) is 3.27. The van der Waals surface area contributed by atoms with Crippen LogP contribution in [0.4, 0.5) is 13.2 Å². The molecule has 0 fully saturated rings. The van der Waals surface area contributed by atoms with Gasteiger partial charge in [-0.25, -0.2) is 0 Å². The smallest absolute Gasteiger partial charge is 0.416 e. The standard InChI is InChI=1S/C13H13F3N4O/c1-17-12(10-3-4-11(21-2)20-19-10)8-7-18-6-5-9(8)13(14,15)16/h3-7,12,17H,1-2H3. The van der Waals surface area contributed by atoms with Crippen LogP contribution in [0.25, 0.3) is 0 Å². The number of nitrogens with one attached hydrogen (secondary N) is 1. The zero-order chi connectivity index (χ0) is 15.5. The topological polar surface area (TPSA) is 59.9 Å². The molecule has 21 heavy (non-hydrogen) atoms. The van der Waals surface area contributed by atoms with Gasteiger partial charge in [-0.3, -0.25) is 4.98 Å². The van der Waals surface area contributed by atoms with Crippen LogP contribution in [0, 0.1) is 0 Å². The summed E-state index contributed by atoms with van der Waals surface area (Å²) in [5.74, 6) is 0.288. The van der Waals surface area contributed by atoms with Crippen molar-refractivity contribution in [3.63, 3.8) is 0 Å². The molecule has 0 aromatic carbocycles. The normalized spacial score (nSPS) is 13.0. The third-order valence-corrected chi connectivity index (χ3v) is 2.92. The molecular formula is C13H13F3N4O. The average Bonchev–Trinajstić information content (AvgIpc) is 2.48. The van der Waals surface area contributed by atoms with Crippen molar-refractivity contribution >= 4 is 0 Å². The van der Waals surface area contributed by atoms with Crippen molar-refractivity contribution in [3.05, 3.63) is 47.4 Å². The SMILES string of the molecule is CNC(c1ccc(OC)nn1)c1cnccc1C(F)(F)F. The molecule has 0 radical (unpaired) electrons. The molecule has 0 amide bonds. The van der Waals surface area contributed by atoms with Gasteiger partial charge >= 0.3 is 6.18 Å². The third kappa shape index (κ3) is 3.27. The highest BCUT2D eigenvalue weighted by atomic mass is 19.4. The molecule has 2 aromatic heterocycles. The Labute approximate surface area is 119 Å². The van der Waals surface area contributed by atoms with Crippen LogP contribution in [-0.2, 0) is 6.18 Å². The van der Waals surface area contributed by atoms with Crippen molar-refractivity contribution in [3.8, 4) is 5.88 Å². The lowest BCUT2D eigenvalue weighted by Gasteiger charge is -2.20. The second-order valence-corrected chi connectivity index (χ2v) is 4.18. The lowest BCUT2D eigenvalue weighted by Crippen LogP contribution is -2.23. The van der Waals surface area contributed by atoms with Gasteiger partial charge < -0.3 is 10.1 Å². The number of ether oxygens (including phenoxy) is 1. The molecule has 0 spiro atoms. The molecule has 1 unspecified atom stereocenters. The van der Waals surface area contributed by atoms with Gasteiger partial charge in [0.2, 0.25) is 5.88 Å². The lowest BCUT2D eigenvalue weighted by atomic mass is 10.00. The van der Waals surface area contributed by atoms with Gasteiger partial charge in [-0.05, 0) is 19.2 Å². The molecule has 1 N–H and O–H groups in total. The van der Waals surface area contributed by atoms with E-state index in [1.807, 2.05) is 0 Å². The molecule has 0 saturated carbocycles. The molecule has 0 saturated heterocycles. The predicted molar refractivity (Wildman–Crippen MR) is 68.7 cm³/mol. The van der Waals surface area contributed by atoms with Crippen molar-refractivity contribution in [2.45, 2.75) is 12.2 Å². The van der Waals surface area contributed by atoms with E-state index in [4.69, 9.17) is 4.74 Å². The zero-order valence-electron chi connectivity index (χ0n) is 11.3. The van der Waals surface area contributed by atoms with E-state index >= 15 is 0 Å². The van der Waals surface area contributed by atoms with Gasteiger partial charge in [0.05, 0.1) is 24.4 Å². The largest absolute Gasteiger partial charge is 0.480 e. The van der Waals surface area contributed by atoms with Crippen molar-refractivity contribution in [1.82, 2.24) is 20.5 Å². The number of alkyl halides is 3. The van der Waals surface area contributed by atoms with Crippen LogP contribution in [0.3, 0.4) is 0 Å². The summed E-state index contributed by atoms with van der Waals surface area (Å²) >= 11 is 0. The first-order valence-electron chi connectivity index (χ1n) is 6.03. The Hall–Kier alpha value is -2.22. The number of pyridine rings is 1. The highest BCUT2D eigenvalue weighted by molar-refractivity contribution is 5.34. The van der Waals surface area contributed by atoms with Crippen molar-refractivity contribution < 1.29 is 17.9 Å². The number of hydrogen-bond donors (Lipinski definition) is 1. The Kier molecular flexibility index (Phi) is 4.37. The van der Waals surface area contributed by atoms with Gasteiger partial charge in [0, 0.05) is 24.0 Å². The first-order valence-corrected chi connectivity index (χ1v) is 6.03. The van der Waals surface area contributed by atoms with Crippen molar-refractivity contribution in [2.24, 2.45) is 0 Å². The highest BCUT2D eigenvalue weighted by Gasteiger charge is 2.35. The maximum absolute atomic E-state index is 13.1. The molecule has 0 bridgehead atoms. The number of hydrogen-bond acceptors (Lipinski definition) is 5. The minimum Gasteiger partial charge on any atom is -0.480 e. The molecule has 5 nitrogen and oxygen atoms in total. The zero-order valence-corrected chi connectivity index (χ0v) is 11.3. The summed E-state index contributed by atoms with van der Waals surface area (Å²) in [5.41, 5.74) is -0.418. The number of rotatable bonds is 4. The van der Waals surface area contributed by atoms with E-state index in [-0.39, 0.29) is 11.4 Å². The third-order valence-electron chi connectivity index (χ3n) is 2.92. The molecular weight excluding hydrogens is 285 g/mol. The van der Waals surface area contributed by atoms with Gasteiger partial charge in [-0.15, -0.1) is 10.2 Å². The second-order valence-electron chi connectivity index (χ2n) is 4.18. The predicted octanol–water partition coefficient (Wildman–Crippen LogP) is 2.21. The van der Waals surface area contributed by atoms with E-state index in [9.17, 15) is 13.2 Å². The Balaban J connectivity index is 2.46.